The van der Waals surface area contributed by atoms with Crippen molar-refractivity contribution in [2.24, 2.45) is 0 Å². The van der Waals surface area contributed by atoms with Crippen LogP contribution in [0.25, 0.3) is 0 Å². The highest BCUT2D eigenvalue weighted by molar-refractivity contribution is 5.80. The number of rotatable bonds is 9. The first-order valence-electron chi connectivity index (χ1n) is 6.14. The molecule has 17 heavy (non-hydrogen) atoms. The van der Waals surface area contributed by atoms with Gasteiger partial charge < -0.3 is 14.2 Å². The molecule has 1 unspecified atom stereocenters. The Morgan fingerprint density at radius 2 is 2.12 bits per heavy atom. The molecule has 0 aliphatic heterocycles. The van der Waals surface area contributed by atoms with Crippen LogP contribution in [-0.2, 0) is 19.0 Å². The van der Waals surface area contributed by atoms with Gasteiger partial charge in [-0.25, -0.2) is 4.79 Å². The van der Waals surface area contributed by atoms with Gasteiger partial charge in [0.2, 0.25) is 0 Å². The summed E-state index contributed by atoms with van der Waals surface area (Å²) in [7, 11) is 1.62. The molecule has 0 aromatic carbocycles. The Balaban J connectivity index is 2.41. The third-order valence-corrected chi connectivity index (χ3v) is 2.65. The molecule has 100 valence electrons. The number of carbonyl (C=O) groups excluding carboxylic acids is 1. The zero-order valence-corrected chi connectivity index (χ0v) is 11.0. The summed E-state index contributed by atoms with van der Waals surface area (Å²) in [5, 5.41) is 3.29. The highest BCUT2D eigenvalue weighted by atomic mass is 16.5. The Bertz CT molecular complexity index is 243. The summed E-state index contributed by atoms with van der Waals surface area (Å²) in [6.45, 7) is 5.35. The topological polar surface area (TPSA) is 56.8 Å². The number of hydrogen-bond donors (Lipinski definition) is 1. The summed E-state index contributed by atoms with van der Waals surface area (Å²) in [6.07, 6.45) is 2.24. The van der Waals surface area contributed by atoms with Gasteiger partial charge in [-0.15, -0.1) is 0 Å². The van der Waals surface area contributed by atoms with Crippen molar-refractivity contribution in [2.75, 3.05) is 33.5 Å². The molecule has 1 rings (SSSR count). The van der Waals surface area contributed by atoms with Gasteiger partial charge in [0.15, 0.2) is 0 Å². The lowest BCUT2D eigenvalue weighted by Gasteiger charge is -2.28. The van der Waals surface area contributed by atoms with Crippen molar-refractivity contribution in [3.8, 4) is 0 Å². The van der Waals surface area contributed by atoms with Crippen LogP contribution in [0.5, 0.6) is 0 Å². The second-order valence-electron chi connectivity index (χ2n) is 4.52. The fraction of sp³-hybridized carbons (Fsp3) is 0.917. The average Bonchev–Trinajstić information content (AvgIpc) is 3.08. The number of methoxy groups -OCH3 is 1. The van der Waals surface area contributed by atoms with Gasteiger partial charge in [-0.05, 0) is 26.7 Å². The first kappa shape index (κ1) is 14.4. The molecule has 1 aliphatic carbocycles. The predicted octanol–water partition coefficient (Wildman–Crippen LogP) is 0.723. The van der Waals surface area contributed by atoms with Crippen LogP contribution in [0.1, 0.15) is 26.7 Å². The minimum Gasteiger partial charge on any atom is -0.465 e. The van der Waals surface area contributed by atoms with E-state index in [4.69, 9.17) is 14.2 Å². The number of ether oxygens (including phenoxy) is 3. The summed E-state index contributed by atoms with van der Waals surface area (Å²) in [4.78, 5) is 11.9. The molecule has 5 nitrogen and oxygen atoms in total. The lowest BCUT2D eigenvalue weighted by atomic mass is 10.0. The normalized spacial score (nSPS) is 18.8. The summed E-state index contributed by atoms with van der Waals surface area (Å²) in [6, 6.07) is 0.426. The maximum Gasteiger partial charge on any atom is 0.328 e. The molecule has 0 saturated heterocycles. The smallest absolute Gasteiger partial charge is 0.328 e. The lowest BCUT2D eigenvalue weighted by molar-refractivity contribution is -0.153. The second kappa shape index (κ2) is 6.93. The van der Waals surface area contributed by atoms with Crippen molar-refractivity contribution in [1.29, 1.82) is 0 Å². The Labute approximate surface area is 103 Å². The predicted molar refractivity (Wildman–Crippen MR) is 63.9 cm³/mol. The number of hydrogen-bond acceptors (Lipinski definition) is 5. The molecule has 0 radical (unpaired) electrons. The lowest BCUT2D eigenvalue weighted by Crippen LogP contribution is -2.55. The maximum atomic E-state index is 11.9. The van der Waals surface area contributed by atoms with E-state index in [0.29, 0.717) is 32.5 Å². The van der Waals surface area contributed by atoms with E-state index in [1.807, 2.05) is 6.92 Å². The van der Waals surface area contributed by atoms with Crippen molar-refractivity contribution >= 4 is 5.97 Å². The van der Waals surface area contributed by atoms with Gasteiger partial charge in [-0.2, -0.15) is 0 Å². The van der Waals surface area contributed by atoms with Gasteiger partial charge in [-0.1, -0.05) is 0 Å². The second-order valence-corrected chi connectivity index (χ2v) is 4.52. The van der Waals surface area contributed by atoms with Gasteiger partial charge in [0, 0.05) is 13.2 Å². The van der Waals surface area contributed by atoms with Gasteiger partial charge in [-0.3, -0.25) is 5.32 Å². The molecule has 0 amide bonds. The van der Waals surface area contributed by atoms with E-state index in [1.54, 1.807) is 14.0 Å². The fourth-order valence-corrected chi connectivity index (χ4v) is 1.55. The molecule has 0 aromatic rings. The molecule has 1 N–H and O–H groups in total. The molecule has 1 atom stereocenters. The largest absolute Gasteiger partial charge is 0.465 e. The van der Waals surface area contributed by atoms with Gasteiger partial charge in [0.25, 0.3) is 0 Å². The van der Waals surface area contributed by atoms with Crippen LogP contribution in [0.3, 0.4) is 0 Å². The molecular weight excluding hydrogens is 222 g/mol. The SMILES string of the molecule is CCOC(=O)C(C)(COCCOC)NC1CC1. The first-order chi connectivity index (χ1) is 8.12. The van der Waals surface area contributed by atoms with E-state index in [9.17, 15) is 4.79 Å². The summed E-state index contributed by atoms with van der Waals surface area (Å²) in [5.74, 6) is -0.246. The van der Waals surface area contributed by atoms with Gasteiger partial charge in [0.05, 0.1) is 26.4 Å². The monoisotopic (exact) mass is 245 g/mol. The zero-order valence-electron chi connectivity index (χ0n) is 11.0. The van der Waals surface area contributed by atoms with Crippen LogP contribution in [-0.4, -0.2) is 51.1 Å². The van der Waals surface area contributed by atoms with Gasteiger partial charge in [0.1, 0.15) is 5.54 Å². The van der Waals surface area contributed by atoms with Crippen LogP contribution in [0.15, 0.2) is 0 Å². The third kappa shape index (κ3) is 5.02. The quantitative estimate of drug-likeness (QED) is 0.479. The number of carbonyl (C=O) groups is 1. The fourth-order valence-electron chi connectivity index (χ4n) is 1.55. The zero-order chi connectivity index (χ0) is 12.7. The summed E-state index contributed by atoms with van der Waals surface area (Å²) >= 11 is 0. The van der Waals surface area contributed by atoms with Crippen LogP contribution in [0.4, 0.5) is 0 Å². The average molecular weight is 245 g/mol. The molecule has 1 fully saturated rings. The Morgan fingerprint density at radius 1 is 1.41 bits per heavy atom. The van der Waals surface area contributed by atoms with Crippen molar-refractivity contribution in [1.82, 2.24) is 5.32 Å². The van der Waals surface area contributed by atoms with Crippen molar-refractivity contribution in [3.05, 3.63) is 0 Å². The highest BCUT2D eigenvalue weighted by Crippen LogP contribution is 2.23. The van der Waals surface area contributed by atoms with E-state index < -0.39 is 5.54 Å². The maximum absolute atomic E-state index is 11.9. The molecule has 0 aromatic heterocycles. The molecular formula is C12H23NO4. The van der Waals surface area contributed by atoms with Crippen molar-refractivity contribution < 1.29 is 19.0 Å². The summed E-state index contributed by atoms with van der Waals surface area (Å²) < 4.78 is 15.4. The Kier molecular flexibility index (Phi) is 5.88. The Hall–Kier alpha value is -0.650. The van der Waals surface area contributed by atoms with Crippen LogP contribution in [0, 0.1) is 0 Å². The van der Waals surface area contributed by atoms with E-state index in [-0.39, 0.29) is 5.97 Å². The Morgan fingerprint density at radius 3 is 2.65 bits per heavy atom. The summed E-state index contributed by atoms with van der Waals surface area (Å²) in [5.41, 5.74) is -0.745. The molecule has 5 heteroatoms. The van der Waals surface area contributed by atoms with Crippen LogP contribution < -0.4 is 5.32 Å². The van der Waals surface area contributed by atoms with E-state index in [1.165, 1.54) is 0 Å². The van der Waals surface area contributed by atoms with Crippen LogP contribution >= 0.6 is 0 Å². The number of nitrogens with one attached hydrogen (secondary N) is 1. The molecule has 1 aliphatic rings. The first-order valence-corrected chi connectivity index (χ1v) is 6.14. The molecule has 0 spiro atoms. The van der Waals surface area contributed by atoms with Crippen LogP contribution in [0.2, 0.25) is 0 Å². The van der Waals surface area contributed by atoms with Gasteiger partial charge >= 0.3 is 5.97 Å². The highest BCUT2D eigenvalue weighted by Gasteiger charge is 2.39. The third-order valence-electron chi connectivity index (χ3n) is 2.65. The standard InChI is InChI=1S/C12H23NO4/c1-4-17-11(14)12(2,13-10-5-6-10)9-16-8-7-15-3/h10,13H,4-9H2,1-3H3. The van der Waals surface area contributed by atoms with E-state index in [2.05, 4.69) is 5.32 Å². The van der Waals surface area contributed by atoms with E-state index in [0.717, 1.165) is 12.8 Å². The molecule has 0 bridgehead atoms. The minimum absolute atomic E-state index is 0.246. The van der Waals surface area contributed by atoms with Crippen molar-refractivity contribution in [2.45, 2.75) is 38.3 Å². The number of esters is 1. The van der Waals surface area contributed by atoms with Crippen molar-refractivity contribution in [3.63, 3.8) is 0 Å². The molecule has 1 saturated carbocycles. The van der Waals surface area contributed by atoms with E-state index >= 15 is 0 Å². The molecule has 0 heterocycles. The minimum atomic E-state index is -0.745.